The lowest BCUT2D eigenvalue weighted by molar-refractivity contribution is 0.630. The van der Waals surface area contributed by atoms with Crippen LogP contribution in [-0.2, 0) is 6.54 Å². The van der Waals surface area contributed by atoms with E-state index in [-0.39, 0.29) is 5.82 Å². The molecule has 17 heavy (non-hydrogen) atoms. The van der Waals surface area contributed by atoms with Gasteiger partial charge >= 0.3 is 0 Å². The van der Waals surface area contributed by atoms with Crippen molar-refractivity contribution in [3.63, 3.8) is 0 Å². The smallest absolute Gasteiger partial charge is 0.131 e. The molecule has 88 valence electrons. The summed E-state index contributed by atoms with van der Waals surface area (Å²) in [5.74, 6) is -0.341. The quantitative estimate of drug-likeness (QED) is 0.866. The van der Waals surface area contributed by atoms with Crippen LogP contribution in [0.2, 0.25) is 10.0 Å². The molecule has 2 aromatic carbocycles. The molecule has 0 bridgehead atoms. The van der Waals surface area contributed by atoms with E-state index in [1.54, 1.807) is 30.3 Å². The monoisotopic (exact) mass is 269 g/mol. The van der Waals surface area contributed by atoms with Crippen LogP contribution < -0.4 is 5.73 Å². The predicted molar refractivity (Wildman–Crippen MR) is 69.7 cm³/mol. The normalized spacial score (nSPS) is 10.6. The Morgan fingerprint density at radius 3 is 2.47 bits per heavy atom. The van der Waals surface area contributed by atoms with Crippen molar-refractivity contribution in [1.29, 1.82) is 0 Å². The minimum Gasteiger partial charge on any atom is -0.326 e. The molecular formula is C13H10Cl2FN. The minimum absolute atomic E-state index is 0.341. The van der Waals surface area contributed by atoms with Gasteiger partial charge in [0.2, 0.25) is 0 Å². The number of hydrogen-bond donors (Lipinski definition) is 1. The summed E-state index contributed by atoms with van der Waals surface area (Å²) in [5, 5.41) is 0.976. The van der Waals surface area contributed by atoms with Gasteiger partial charge in [-0.1, -0.05) is 29.3 Å². The summed E-state index contributed by atoms with van der Waals surface area (Å²) >= 11 is 11.9. The lowest BCUT2D eigenvalue weighted by atomic mass is 10.0. The van der Waals surface area contributed by atoms with E-state index >= 15 is 0 Å². The molecule has 2 rings (SSSR count). The van der Waals surface area contributed by atoms with Crippen LogP contribution in [0, 0.1) is 5.82 Å². The number of hydrogen-bond acceptors (Lipinski definition) is 1. The molecule has 0 radical (unpaired) electrons. The predicted octanol–water partition coefficient (Wildman–Crippen LogP) is 4.26. The zero-order chi connectivity index (χ0) is 12.4. The summed E-state index contributed by atoms with van der Waals surface area (Å²) in [5.41, 5.74) is 7.37. The van der Waals surface area contributed by atoms with Gasteiger partial charge in [-0.3, -0.25) is 0 Å². The van der Waals surface area contributed by atoms with Crippen molar-refractivity contribution in [1.82, 2.24) is 0 Å². The summed E-state index contributed by atoms with van der Waals surface area (Å²) in [6.07, 6.45) is 0. The Labute approximate surface area is 109 Å². The first-order chi connectivity index (χ1) is 8.11. The summed E-state index contributed by atoms with van der Waals surface area (Å²) in [6.45, 7) is 0.353. The average molecular weight is 270 g/mol. The molecular weight excluding hydrogens is 260 g/mol. The third-order valence-electron chi connectivity index (χ3n) is 2.49. The third kappa shape index (κ3) is 2.60. The maximum Gasteiger partial charge on any atom is 0.131 e. The maximum atomic E-state index is 13.8. The number of halogens is 3. The Bertz CT molecular complexity index is 555. The highest BCUT2D eigenvalue weighted by molar-refractivity contribution is 6.35. The van der Waals surface area contributed by atoms with E-state index in [2.05, 4.69) is 0 Å². The van der Waals surface area contributed by atoms with Crippen LogP contribution >= 0.6 is 23.2 Å². The van der Waals surface area contributed by atoms with Gasteiger partial charge in [0.25, 0.3) is 0 Å². The SMILES string of the molecule is NCc1ccc(F)c(-c2cc(Cl)ccc2Cl)c1. The lowest BCUT2D eigenvalue weighted by Crippen LogP contribution is -1.97. The zero-order valence-electron chi connectivity index (χ0n) is 8.88. The van der Waals surface area contributed by atoms with Gasteiger partial charge in [-0.25, -0.2) is 4.39 Å². The number of benzene rings is 2. The van der Waals surface area contributed by atoms with Gasteiger partial charge in [-0.15, -0.1) is 0 Å². The van der Waals surface area contributed by atoms with Crippen LogP contribution in [0.3, 0.4) is 0 Å². The first-order valence-corrected chi connectivity index (χ1v) is 5.81. The first-order valence-electron chi connectivity index (χ1n) is 5.05. The van der Waals surface area contributed by atoms with E-state index in [0.29, 0.717) is 27.7 Å². The molecule has 0 aromatic heterocycles. The highest BCUT2D eigenvalue weighted by atomic mass is 35.5. The van der Waals surface area contributed by atoms with Gasteiger partial charge in [-0.05, 0) is 35.9 Å². The molecule has 2 aromatic rings. The molecule has 0 aliphatic heterocycles. The topological polar surface area (TPSA) is 26.0 Å². The summed E-state index contributed by atoms with van der Waals surface area (Å²) in [7, 11) is 0. The van der Waals surface area contributed by atoms with Crippen molar-refractivity contribution >= 4 is 23.2 Å². The number of rotatable bonds is 2. The molecule has 0 unspecified atom stereocenters. The molecule has 0 saturated carbocycles. The fourth-order valence-electron chi connectivity index (χ4n) is 1.61. The van der Waals surface area contributed by atoms with E-state index in [1.807, 2.05) is 0 Å². The summed E-state index contributed by atoms with van der Waals surface area (Å²) in [6, 6.07) is 9.67. The van der Waals surface area contributed by atoms with E-state index in [0.717, 1.165) is 5.56 Å². The molecule has 0 aliphatic carbocycles. The van der Waals surface area contributed by atoms with Gasteiger partial charge in [0.15, 0.2) is 0 Å². The molecule has 0 saturated heterocycles. The molecule has 0 aliphatic rings. The van der Waals surface area contributed by atoms with Crippen LogP contribution in [0.1, 0.15) is 5.56 Å². The number of nitrogens with two attached hydrogens (primary N) is 1. The zero-order valence-corrected chi connectivity index (χ0v) is 10.4. The second-order valence-electron chi connectivity index (χ2n) is 3.64. The lowest BCUT2D eigenvalue weighted by Gasteiger charge is -2.08. The largest absolute Gasteiger partial charge is 0.326 e. The van der Waals surface area contributed by atoms with Crippen LogP contribution in [0.5, 0.6) is 0 Å². The third-order valence-corrected chi connectivity index (χ3v) is 3.05. The Hall–Kier alpha value is -1.09. The molecule has 0 heterocycles. The van der Waals surface area contributed by atoms with E-state index in [1.165, 1.54) is 6.07 Å². The van der Waals surface area contributed by atoms with Crippen LogP contribution in [-0.4, -0.2) is 0 Å². The van der Waals surface area contributed by atoms with E-state index in [9.17, 15) is 4.39 Å². The Kier molecular flexibility index (Phi) is 3.67. The average Bonchev–Trinajstić information content (AvgIpc) is 2.33. The Balaban J connectivity index is 2.62. The van der Waals surface area contributed by atoms with Crippen molar-refractivity contribution in [3.8, 4) is 11.1 Å². The molecule has 1 nitrogen and oxygen atoms in total. The Morgan fingerprint density at radius 1 is 1.00 bits per heavy atom. The van der Waals surface area contributed by atoms with Crippen LogP contribution in [0.25, 0.3) is 11.1 Å². The van der Waals surface area contributed by atoms with Gasteiger partial charge in [-0.2, -0.15) is 0 Å². The van der Waals surface area contributed by atoms with Gasteiger partial charge in [0.1, 0.15) is 5.82 Å². The molecule has 0 amide bonds. The fourth-order valence-corrected chi connectivity index (χ4v) is 2.00. The molecule has 2 N–H and O–H groups in total. The first kappa shape index (κ1) is 12.4. The fraction of sp³-hybridized carbons (Fsp3) is 0.0769. The highest BCUT2D eigenvalue weighted by Crippen LogP contribution is 2.32. The van der Waals surface area contributed by atoms with Gasteiger partial charge in [0.05, 0.1) is 0 Å². The summed E-state index contributed by atoms with van der Waals surface area (Å²) < 4.78 is 13.8. The van der Waals surface area contributed by atoms with Crippen LogP contribution in [0.15, 0.2) is 36.4 Å². The summed E-state index contributed by atoms with van der Waals surface area (Å²) in [4.78, 5) is 0. The molecule has 0 fully saturated rings. The second-order valence-corrected chi connectivity index (χ2v) is 4.49. The van der Waals surface area contributed by atoms with Gasteiger partial charge < -0.3 is 5.73 Å². The van der Waals surface area contributed by atoms with Crippen LogP contribution in [0.4, 0.5) is 4.39 Å². The van der Waals surface area contributed by atoms with E-state index < -0.39 is 0 Å². The minimum atomic E-state index is -0.341. The van der Waals surface area contributed by atoms with Gasteiger partial charge in [0, 0.05) is 27.7 Å². The molecule has 0 spiro atoms. The second kappa shape index (κ2) is 5.05. The molecule has 4 heteroatoms. The van der Waals surface area contributed by atoms with E-state index in [4.69, 9.17) is 28.9 Å². The van der Waals surface area contributed by atoms with Crippen molar-refractivity contribution in [2.45, 2.75) is 6.54 Å². The Morgan fingerprint density at radius 2 is 1.76 bits per heavy atom. The maximum absolute atomic E-state index is 13.8. The highest BCUT2D eigenvalue weighted by Gasteiger charge is 2.10. The standard InChI is InChI=1S/C13H10Cl2FN/c14-9-2-3-12(15)10(6-9)11-5-8(7-17)1-4-13(11)16/h1-6H,7,17H2. The molecule has 0 atom stereocenters. The van der Waals surface area contributed by atoms with Crippen molar-refractivity contribution in [3.05, 3.63) is 57.8 Å². The van der Waals surface area contributed by atoms with Crippen molar-refractivity contribution in [2.75, 3.05) is 0 Å². The van der Waals surface area contributed by atoms with Crippen molar-refractivity contribution in [2.24, 2.45) is 5.73 Å². The van der Waals surface area contributed by atoms with Crippen molar-refractivity contribution < 1.29 is 4.39 Å².